The fourth-order valence-corrected chi connectivity index (χ4v) is 3.27. The Morgan fingerprint density at radius 3 is 2.15 bits per heavy atom. The summed E-state index contributed by atoms with van der Waals surface area (Å²) in [7, 11) is 1.36. The van der Waals surface area contributed by atoms with E-state index in [9.17, 15) is 22.7 Å². The van der Waals surface area contributed by atoms with Gasteiger partial charge in [0.25, 0.3) is 0 Å². The van der Waals surface area contributed by atoms with Gasteiger partial charge in [0, 0.05) is 17.7 Å². The molecule has 1 unspecified atom stereocenters. The minimum atomic E-state index is -4.88. The molecule has 0 bridgehead atoms. The van der Waals surface area contributed by atoms with Crippen molar-refractivity contribution in [3.8, 4) is 5.75 Å². The molecule has 0 aliphatic carbocycles. The lowest BCUT2D eigenvalue weighted by atomic mass is 9.72. The van der Waals surface area contributed by atoms with Crippen LogP contribution in [0.5, 0.6) is 5.75 Å². The summed E-state index contributed by atoms with van der Waals surface area (Å²) in [6.07, 6.45) is -6.20. The predicted molar refractivity (Wildman–Crippen MR) is 96.2 cm³/mol. The van der Waals surface area contributed by atoms with Crippen LogP contribution in [0.15, 0.2) is 42.5 Å². The van der Waals surface area contributed by atoms with Gasteiger partial charge in [0.15, 0.2) is 5.60 Å². The van der Waals surface area contributed by atoms with Gasteiger partial charge in [-0.15, -0.1) is 0 Å². The van der Waals surface area contributed by atoms with E-state index in [1.807, 2.05) is 0 Å². The molecule has 2 aromatic rings. The number of halogens is 4. The fourth-order valence-electron chi connectivity index (χ4n) is 3.27. The van der Waals surface area contributed by atoms with Crippen molar-refractivity contribution in [2.75, 3.05) is 12.8 Å². The summed E-state index contributed by atoms with van der Waals surface area (Å²) in [5.41, 5.74) is 2.31. The minimum Gasteiger partial charge on any atom is -0.496 e. The third-order valence-corrected chi connectivity index (χ3v) is 4.63. The van der Waals surface area contributed by atoms with Crippen molar-refractivity contribution in [2.24, 2.45) is 0 Å². The number of aliphatic hydroxyl groups is 1. The molecule has 0 aliphatic heterocycles. The number of methoxy groups -OCH3 is 1. The summed E-state index contributed by atoms with van der Waals surface area (Å²) < 4.78 is 60.3. The van der Waals surface area contributed by atoms with Gasteiger partial charge in [0.1, 0.15) is 11.6 Å². The molecule has 0 aromatic heterocycles. The molecule has 0 saturated carbocycles. The maximum Gasteiger partial charge on any atom is 0.417 e. The number of nitrogen functional groups attached to an aromatic ring is 1. The molecular formula is C20H23F4NO2. The number of benzene rings is 2. The number of rotatable bonds is 6. The SMILES string of the molecule is COc1ccc(F)cc1C(C)(C)CC(O)(Cc1ccc(N)cc1)C(F)(F)F. The van der Waals surface area contributed by atoms with Gasteiger partial charge in [0.2, 0.25) is 0 Å². The van der Waals surface area contributed by atoms with E-state index >= 15 is 0 Å². The topological polar surface area (TPSA) is 55.5 Å². The number of anilines is 1. The first kappa shape index (κ1) is 21.0. The molecule has 0 heterocycles. The monoisotopic (exact) mass is 385 g/mol. The van der Waals surface area contributed by atoms with Gasteiger partial charge in [-0.2, -0.15) is 13.2 Å². The summed E-state index contributed by atoms with van der Waals surface area (Å²) in [6.45, 7) is 3.04. The summed E-state index contributed by atoms with van der Waals surface area (Å²) in [5.74, 6) is -0.327. The second kappa shape index (κ2) is 7.38. The summed E-state index contributed by atoms with van der Waals surface area (Å²) >= 11 is 0. The zero-order chi connectivity index (χ0) is 20.5. The molecule has 1 atom stereocenters. The number of hydrogen-bond acceptors (Lipinski definition) is 3. The van der Waals surface area contributed by atoms with Crippen molar-refractivity contribution in [1.29, 1.82) is 0 Å². The molecule has 148 valence electrons. The summed E-state index contributed by atoms with van der Waals surface area (Å²) in [6, 6.07) is 9.52. The van der Waals surface area contributed by atoms with Crippen LogP contribution in [0.1, 0.15) is 31.4 Å². The average molecular weight is 385 g/mol. The molecule has 0 spiro atoms. The maximum absolute atomic E-state index is 13.8. The van der Waals surface area contributed by atoms with Crippen LogP contribution in [0, 0.1) is 5.82 Å². The summed E-state index contributed by atoms with van der Waals surface area (Å²) in [4.78, 5) is 0. The molecule has 2 aromatic carbocycles. The first-order chi connectivity index (χ1) is 12.4. The van der Waals surface area contributed by atoms with Gasteiger partial charge in [-0.05, 0) is 47.7 Å². The largest absolute Gasteiger partial charge is 0.496 e. The van der Waals surface area contributed by atoms with Crippen LogP contribution in [0.4, 0.5) is 23.2 Å². The van der Waals surface area contributed by atoms with Crippen molar-refractivity contribution in [1.82, 2.24) is 0 Å². The van der Waals surface area contributed by atoms with Gasteiger partial charge >= 0.3 is 6.18 Å². The van der Waals surface area contributed by atoms with Gasteiger partial charge in [-0.1, -0.05) is 26.0 Å². The quantitative estimate of drug-likeness (QED) is 0.564. The van der Waals surface area contributed by atoms with Crippen LogP contribution in [0.3, 0.4) is 0 Å². The number of hydrogen-bond donors (Lipinski definition) is 2. The smallest absolute Gasteiger partial charge is 0.417 e. The predicted octanol–water partition coefficient (Wildman–Crippen LogP) is 4.62. The third kappa shape index (κ3) is 4.71. The Labute approximate surface area is 155 Å². The molecule has 0 fully saturated rings. The van der Waals surface area contributed by atoms with E-state index < -0.39 is 35.9 Å². The normalized spacial score (nSPS) is 14.7. The second-order valence-corrected chi connectivity index (χ2v) is 7.35. The first-order valence-electron chi connectivity index (χ1n) is 8.35. The average Bonchev–Trinajstić information content (AvgIpc) is 2.55. The van der Waals surface area contributed by atoms with Gasteiger partial charge < -0.3 is 15.6 Å². The highest BCUT2D eigenvalue weighted by atomic mass is 19.4. The Hall–Kier alpha value is -2.28. The van der Waals surface area contributed by atoms with E-state index in [4.69, 9.17) is 10.5 Å². The number of alkyl halides is 3. The van der Waals surface area contributed by atoms with Crippen molar-refractivity contribution in [2.45, 2.75) is 43.9 Å². The van der Waals surface area contributed by atoms with Crippen molar-refractivity contribution < 1.29 is 27.4 Å². The molecule has 0 radical (unpaired) electrons. The zero-order valence-electron chi connectivity index (χ0n) is 15.4. The van der Waals surface area contributed by atoms with Crippen molar-refractivity contribution in [3.63, 3.8) is 0 Å². The molecular weight excluding hydrogens is 362 g/mol. The Morgan fingerprint density at radius 2 is 1.63 bits per heavy atom. The van der Waals surface area contributed by atoms with E-state index in [-0.39, 0.29) is 11.3 Å². The van der Waals surface area contributed by atoms with Crippen molar-refractivity contribution in [3.05, 3.63) is 59.4 Å². The Kier molecular flexibility index (Phi) is 5.75. The van der Waals surface area contributed by atoms with Crippen LogP contribution in [-0.4, -0.2) is 24.0 Å². The van der Waals surface area contributed by atoms with Gasteiger partial charge in [-0.3, -0.25) is 0 Å². The third-order valence-electron chi connectivity index (χ3n) is 4.63. The molecule has 0 amide bonds. The molecule has 27 heavy (non-hydrogen) atoms. The van der Waals surface area contributed by atoms with Crippen LogP contribution in [0.2, 0.25) is 0 Å². The lowest BCUT2D eigenvalue weighted by molar-refractivity contribution is -0.266. The van der Waals surface area contributed by atoms with Crippen molar-refractivity contribution >= 4 is 5.69 Å². The molecule has 7 heteroatoms. The Morgan fingerprint density at radius 1 is 1.04 bits per heavy atom. The molecule has 3 nitrogen and oxygen atoms in total. The first-order valence-corrected chi connectivity index (χ1v) is 8.35. The van der Waals surface area contributed by atoms with E-state index in [1.165, 1.54) is 57.4 Å². The van der Waals surface area contributed by atoms with E-state index in [1.54, 1.807) is 0 Å². The second-order valence-electron chi connectivity index (χ2n) is 7.35. The Bertz CT molecular complexity index is 788. The zero-order valence-corrected chi connectivity index (χ0v) is 15.4. The number of nitrogens with two attached hydrogens (primary N) is 1. The molecule has 3 N–H and O–H groups in total. The van der Waals surface area contributed by atoms with Gasteiger partial charge in [0.05, 0.1) is 7.11 Å². The highest BCUT2D eigenvalue weighted by molar-refractivity contribution is 5.41. The standard InChI is InChI=1S/C20H23F4NO2/c1-18(2,16-10-14(21)6-9-17(16)27-3)12-19(26,20(22,23)24)11-13-4-7-15(25)8-5-13/h4-10,26H,11-12,25H2,1-3H3. The highest BCUT2D eigenvalue weighted by Gasteiger charge is 2.56. The summed E-state index contributed by atoms with van der Waals surface area (Å²) in [5, 5.41) is 10.6. The molecule has 2 rings (SSSR count). The number of ether oxygens (including phenoxy) is 1. The minimum absolute atomic E-state index is 0.255. The Balaban J connectivity index is 2.43. The van der Waals surface area contributed by atoms with Crippen LogP contribution >= 0.6 is 0 Å². The molecule has 0 saturated heterocycles. The molecule has 0 aliphatic rings. The van der Waals surface area contributed by atoms with E-state index in [0.29, 0.717) is 11.3 Å². The lowest BCUT2D eigenvalue weighted by Crippen LogP contribution is -2.50. The van der Waals surface area contributed by atoms with Crippen LogP contribution < -0.4 is 10.5 Å². The van der Waals surface area contributed by atoms with Crippen LogP contribution in [0.25, 0.3) is 0 Å². The fraction of sp³-hybridized carbons (Fsp3) is 0.400. The van der Waals surface area contributed by atoms with E-state index in [0.717, 1.165) is 6.07 Å². The van der Waals surface area contributed by atoms with Gasteiger partial charge in [-0.25, -0.2) is 4.39 Å². The highest BCUT2D eigenvalue weighted by Crippen LogP contribution is 2.45. The maximum atomic E-state index is 13.8. The van der Waals surface area contributed by atoms with Crippen LogP contribution in [-0.2, 0) is 11.8 Å². The lowest BCUT2D eigenvalue weighted by Gasteiger charge is -2.38. The van der Waals surface area contributed by atoms with E-state index in [2.05, 4.69) is 0 Å².